The molecule has 1 aliphatic rings. The fraction of sp³-hybridized carbons (Fsp3) is 0.364. The zero-order valence-corrected chi connectivity index (χ0v) is 17.3. The maximum absolute atomic E-state index is 14.9. The van der Waals surface area contributed by atoms with E-state index < -0.39 is 19.3 Å². The van der Waals surface area contributed by atoms with Crippen LogP contribution in [-0.2, 0) is 20.6 Å². The van der Waals surface area contributed by atoms with Gasteiger partial charge in [-0.2, -0.15) is 5.10 Å². The van der Waals surface area contributed by atoms with E-state index in [1.54, 1.807) is 28.9 Å². The van der Waals surface area contributed by atoms with Gasteiger partial charge in [0, 0.05) is 30.2 Å². The van der Waals surface area contributed by atoms with E-state index in [9.17, 15) is 9.18 Å². The van der Waals surface area contributed by atoms with Gasteiger partial charge in [-0.1, -0.05) is 38.1 Å². The number of methoxy groups -OCH3 is 1. The number of benzene rings is 2. The highest BCUT2D eigenvalue weighted by Gasteiger charge is 2.34. The molecule has 0 saturated carbocycles. The Balaban J connectivity index is 1.52. The van der Waals surface area contributed by atoms with E-state index >= 15 is 0 Å². The van der Waals surface area contributed by atoms with E-state index in [1.165, 1.54) is 7.11 Å². The minimum absolute atomic E-state index is 0.0144. The Morgan fingerprint density at radius 2 is 1.93 bits per heavy atom. The van der Waals surface area contributed by atoms with Gasteiger partial charge >= 0.3 is 13.1 Å². The van der Waals surface area contributed by atoms with Gasteiger partial charge in [0.2, 0.25) is 0 Å². The number of hydrogen-bond acceptors (Lipinski definition) is 5. The number of nitrogens with zero attached hydrogens (tertiary/aromatic N) is 2. The van der Waals surface area contributed by atoms with Crippen LogP contribution in [0.3, 0.4) is 0 Å². The molecule has 0 radical (unpaired) electrons. The van der Waals surface area contributed by atoms with E-state index in [4.69, 9.17) is 9.31 Å². The minimum Gasteiger partial charge on any atom is -0.465 e. The molecule has 3 aromatic rings. The number of hydrogen-bond donors (Lipinski definition) is 0. The van der Waals surface area contributed by atoms with Crippen molar-refractivity contribution in [3.8, 4) is 0 Å². The van der Waals surface area contributed by atoms with Crippen LogP contribution in [0, 0.1) is 5.41 Å². The largest absolute Gasteiger partial charge is 0.494 e. The molecule has 0 bridgehead atoms. The average molecular weight is 410 g/mol. The highest BCUT2D eigenvalue weighted by molar-refractivity contribution is 6.64. The third kappa shape index (κ3) is 4.25. The number of carbonyl (C=O) groups is 1. The first kappa shape index (κ1) is 20.6. The highest BCUT2D eigenvalue weighted by Crippen LogP contribution is 2.24. The first-order valence-corrected chi connectivity index (χ1v) is 9.88. The predicted octanol–water partition coefficient (Wildman–Crippen LogP) is 3.30. The van der Waals surface area contributed by atoms with Gasteiger partial charge in [-0.3, -0.25) is 4.68 Å². The summed E-state index contributed by atoms with van der Waals surface area (Å²) in [5, 5.41) is 5.40. The van der Waals surface area contributed by atoms with Crippen LogP contribution in [0.15, 0.2) is 48.7 Å². The van der Waals surface area contributed by atoms with Gasteiger partial charge in [0.1, 0.15) is 6.17 Å². The zero-order valence-electron chi connectivity index (χ0n) is 17.3. The summed E-state index contributed by atoms with van der Waals surface area (Å²) in [4.78, 5) is 11.5. The van der Waals surface area contributed by atoms with Gasteiger partial charge < -0.3 is 14.0 Å². The van der Waals surface area contributed by atoms with Crippen molar-refractivity contribution < 1.29 is 23.2 Å². The second-order valence-electron chi connectivity index (χ2n) is 8.33. The third-order valence-electron chi connectivity index (χ3n) is 5.18. The van der Waals surface area contributed by atoms with Crippen LogP contribution in [0.25, 0.3) is 10.9 Å². The molecule has 0 spiro atoms. The number of fused-ring (bicyclic) bond motifs is 1. The molecule has 2 aromatic carbocycles. The first-order chi connectivity index (χ1) is 14.4. The van der Waals surface area contributed by atoms with Crippen molar-refractivity contribution in [2.24, 2.45) is 5.41 Å². The summed E-state index contributed by atoms with van der Waals surface area (Å²) < 4.78 is 33.0. The Hall–Kier alpha value is -2.71. The summed E-state index contributed by atoms with van der Waals surface area (Å²) in [6.07, 6.45) is 0.560. The fourth-order valence-electron chi connectivity index (χ4n) is 3.50. The van der Waals surface area contributed by atoms with Crippen LogP contribution in [-0.4, -0.2) is 43.2 Å². The van der Waals surface area contributed by atoms with E-state index in [1.807, 2.05) is 24.4 Å². The summed E-state index contributed by atoms with van der Waals surface area (Å²) in [7, 11) is 0.862. The van der Waals surface area contributed by atoms with Gasteiger partial charge in [-0.25, -0.2) is 9.18 Å². The molecule has 1 fully saturated rings. The Morgan fingerprint density at radius 3 is 2.60 bits per heavy atom. The summed E-state index contributed by atoms with van der Waals surface area (Å²) in [6.45, 7) is 5.47. The lowest BCUT2D eigenvalue weighted by Crippen LogP contribution is -2.47. The van der Waals surface area contributed by atoms with E-state index in [-0.39, 0.29) is 12.0 Å². The van der Waals surface area contributed by atoms with Crippen molar-refractivity contribution >= 4 is 29.5 Å². The van der Waals surface area contributed by atoms with E-state index in [0.717, 1.165) is 16.4 Å². The van der Waals surface area contributed by atoms with Gasteiger partial charge in [-0.05, 0) is 29.2 Å². The van der Waals surface area contributed by atoms with Crippen LogP contribution >= 0.6 is 0 Å². The molecule has 30 heavy (non-hydrogen) atoms. The molecule has 6 nitrogen and oxygen atoms in total. The van der Waals surface area contributed by atoms with Crippen LogP contribution < -0.4 is 5.46 Å². The zero-order chi connectivity index (χ0) is 21.3. The van der Waals surface area contributed by atoms with Gasteiger partial charge in [0.25, 0.3) is 0 Å². The lowest BCUT2D eigenvalue weighted by atomic mass is 9.74. The minimum atomic E-state index is -1.27. The Morgan fingerprint density at radius 1 is 1.23 bits per heavy atom. The predicted molar refractivity (Wildman–Crippen MR) is 112 cm³/mol. The van der Waals surface area contributed by atoms with Crippen molar-refractivity contribution in [3.05, 3.63) is 59.8 Å². The summed E-state index contributed by atoms with van der Waals surface area (Å²) in [5.74, 6) is -0.446. The first-order valence-electron chi connectivity index (χ1n) is 9.88. The van der Waals surface area contributed by atoms with Crippen molar-refractivity contribution in [2.75, 3.05) is 20.3 Å². The monoisotopic (exact) mass is 410 g/mol. The number of halogens is 1. The molecular weight excluding hydrogens is 386 g/mol. The molecule has 2 heterocycles. The lowest BCUT2D eigenvalue weighted by molar-refractivity contribution is 0.0344. The summed E-state index contributed by atoms with van der Waals surface area (Å²) in [5.41, 5.74) is 2.51. The quantitative estimate of drug-likeness (QED) is 0.477. The number of aromatic nitrogens is 2. The van der Waals surface area contributed by atoms with Crippen molar-refractivity contribution in [2.45, 2.75) is 26.6 Å². The normalized spacial score (nSPS) is 17.1. The molecule has 0 amide bonds. The van der Waals surface area contributed by atoms with Crippen LogP contribution in [0.5, 0.6) is 0 Å². The van der Waals surface area contributed by atoms with Gasteiger partial charge in [0.05, 0.1) is 24.7 Å². The third-order valence-corrected chi connectivity index (χ3v) is 5.18. The fourth-order valence-corrected chi connectivity index (χ4v) is 3.50. The molecule has 0 unspecified atom stereocenters. The Labute approximate surface area is 175 Å². The average Bonchev–Trinajstić information content (AvgIpc) is 3.16. The molecule has 8 heteroatoms. The smallest absolute Gasteiger partial charge is 0.465 e. The van der Waals surface area contributed by atoms with E-state index in [2.05, 4.69) is 23.7 Å². The number of esters is 1. The summed E-state index contributed by atoms with van der Waals surface area (Å²) >= 11 is 0. The number of ether oxygens (including phenoxy) is 1. The number of rotatable bonds is 5. The molecule has 1 saturated heterocycles. The van der Waals surface area contributed by atoms with Crippen molar-refractivity contribution in [1.29, 1.82) is 0 Å². The standard InChI is InChI=1S/C22H24BFN2O4/c1-22(2)13-29-23(30-14-22)18-5-4-6-20-17(18)11-26(25-20)12-19(24)15-7-9-16(10-8-15)21(27)28-3/h4-11,19H,12-14H2,1-3H3/t19-/m0/s1. The topological polar surface area (TPSA) is 62.6 Å². The SMILES string of the molecule is COC(=O)c1ccc([C@@H](F)Cn2cc3c(B4OCC(C)(C)CO4)cccc3n2)cc1. The van der Waals surface area contributed by atoms with Gasteiger partial charge in [0.15, 0.2) is 0 Å². The van der Waals surface area contributed by atoms with E-state index in [0.29, 0.717) is 24.3 Å². The molecular formula is C22H24BFN2O4. The maximum atomic E-state index is 14.9. The van der Waals surface area contributed by atoms with Crippen LogP contribution in [0.4, 0.5) is 4.39 Å². The van der Waals surface area contributed by atoms with Crippen molar-refractivity contribution in [1.82, 2.24) is 9.78 Å². The highest BCUT2D eigenvalue weighted by atomic mass is 19.1. The Bertz CT molecular complexity index is 1040. The molecule has 1 aromatic heterocycles. The lowest BCUT2D eigenvalue weighted by Gasteiger charge is -2.33. The second-order valence-corrected chi connectivity index (χ2v) is 8.33. The van der Waals surface area contributed by atoms with Gasteiger partial charge in [-0.15, -0.1) is 0 Å². The summed E-state index contributed by atoms with van der Waals surface area (Å²) in [6, 6.07) is 12.1. The second kappa shape index (κ2) is 8.20. The molecule has 0 N–H and O–H groups in total. The molecule has 1 atom stereocenters. The number of alkyl halides is 1. The van der Waals surface area contributed by atoms with Crippen molar-refractivity contribution in [3.63, 3.8) is 0 Å². The van der Waals surface area contributed by atoms with Crippen LogP contribution in [0.2, 0.25) is 0 Å². The molecule has 1 aliphatic heterocycles. The Kier molecular flexibility index (Phi) is 5.62. The molecule has 4 rings (SSSR count). The molecule has 0 aliphatic carbocycles. The van der Waals surface area contributed by atoms with Crippen LogP contribution in [0.1, 0.15) is 35.9 Å². The maximum Gasteiger partial charge on any atom is 0.494 e. The number of carbonyl (C=O) groups excluding carboxylic acids is 1. The molecule has 156 valence electrons.